The molecule has 4 unspecified atom stereocenters. The average Bonchev–Trinajstić information content (AvgIpc) is 1.55. The number of imidazole rings is 1. The summed E-state index contributed by atoms with van der Waals surface area (Å²) < 4.78 is 23.2. The van der Waals surface area contributed by atoms with Gasteiger partial charge in [0.2, 0.25) is 0 Å². The topological polar surface area (TPSA) is 212 Å². The summed E-state index contributed by atoms with van der Waals surface area (Å²) >= 11 is 0. The van der Waals surface area contributed by atoms with Gasteiger partial charge in [-0.15, -0.1) is 0 Å². The summed E-state index contributed by atoms with van der Waals surface area (Å²) in [5, 5.41) is 0. The number of fused-ring (bicyclic) bond motifs is 20. The Morgan fingerprint density at radius 1 is 0.365 bits per heavy atom. The van der Waals surface area contributed by atoms with E-state index in [0.29, 0.717) is 116 Å². The molecular weight excluding hydrogens is 1560 g/mol. The van der Waals surface area contributed by atoms with Gasteiger partial charge < -0.3 is 41.1 Å². The number of aromatic amines is 1. The molecule has 0 amide bonds. The van der Waals surface area contributed by atoms with E-state index in [1.165, 1.54) is 190 Å². The number of H-pyrrole nitrogens is 1. The second-order valence-corrected chi connectivity index (χ2v) is 48.7. The molecule has 1 aromatic heterocycles. The Balaban J connectivity index is 0.000000136. The Bertz CT molecular complexity index is 4480. The van der Waals surface area contributed by atoms with Gasteiger partial charge in [-0.05, 0) is 403 Å². The zero-order chi connectivity index (χ0) is 91.4. The smallest absolute Gasteiger partial charge is 0.328 e. The first-order valence-electron chi connectivity index (χ1n) is 50.8. The summed E-state index contributed by atoms with van der Waals surface area (Å²) in [6.07, 6.45) is 43.2. The lowest BCUT2D eigenvalue weighted by Crippen LogP contribution is -2.55. The molecule has 7 N–H and O–H groups in total. The highest BCUT2D eigenvalue weighted by atomic mass is 16.5. The number of esters is 4. The van der Waals surface area contributed by atoms with Gasteiger partial charge in [-0.3, -0.25) is 4.79 Å². The second-order valence-electron chi connectivity index (χ2n) is 48.7. The highest BCUT2D eigenvalue weighted by Gasteiger charge is 2.66. The molecule has 694 valence electrons. The molecular formula is C113H169N5O8. The van der Waals surface area contributed by atoms with Gasteiger partial charge in [-0.25, -0.2) is 19.4 Å². The van der Waals surface area contributed by atoms with Crippen LogP contribution in [0.3, 0.4) is 0 Å². The van der Waals surface area contributed by atoms with Crippen LogP contribution in [0, 0.1) is 124 Å². The van der Waals surface area contributed by atoms with Crippen LogP contribution in [0.5, 0.6) is 23.0 Å². The van der Waals surface area contributed by atoms with E-state index in [1.54, 1.807) is 18.1 Å². The molecule has 0 aliphatic heterocycles. The van der Waals surface area contributed by atoms with Crippen LogP contribution in [-0.4, -0.2) is 52.0 Å². The van der Waals surface area contributed by atoms with Crippen molar-refractivity contribution in [1.82, 2.24) is 9.97 Å². The number of benzene rings is 4. The minimum atomic E-state index is -0.530. The average molecular weight is 1730 g/mol. The summed E-state index contributed by atoms with van der Waals surface area (Å²) in [4.78, 5) is 57.5. The third kappa shape index (κ3) is 17.3. The Morgan fingerprint density at radius 3 is 0.841 bits per heavy atom. The molecule has 0 radical (unpaired) electrons. The van der Waals surface area contributed by atoms with E-state index in [9.17, 15) is 19.2 Å². The Hall–Kier alpha value is -6.15. The minimum Gasteiger partial charge on any atom is -0.426 e. The van der Waals surface area contributed by atoms with E-state index in [-0.39, 0.29) is 51.5 Å². The van der Waals surface area contributed by atoms with Crippen LogP contribution in [0.4, 0.5) is 0 Å². The third-order valence-corrected chi connectivity index (χ3v) is 38.6. The summed E-state index contributed by atoms with van der Waals surface area (Å²) in [5.74, 6) is 7.36. The lowest BCUT2D eigenvalue weighted by molar-refractivity contribution is -0.138. The van der Waals surface area contributed by atoms with Crippen LogP contribution in [0.1, 0.15) is 397 Å². The van der Waals surface area contributed by atoms with Gasteiger partial charge in [0.05, 0.1) is 12.2 Å². The number of nitrogens with two attached hydrogens (primary N) is 3. The van der Waals surface area contributed by atoms with Crippen LogP contribution in [-0.2, 0) is 72.9 Å². The lowest BCUT2D eigenvalue weighted by Gasteiger charge is -2.61. The first-order chi connectivity index (χ1) is 59.1. The number of nitrogens with zero attached hydrogens (tertiary/aromatic N) is 1. The van der Waals surface area contributed by atoms with Crippen molar-refractivity contribution >= 4 is 23.9 Å². The highest BCUT2D eigenvalue weighted by Crippen LogP contribution is 2.73. The van der Waals surface area contributed by atoms with Crippen molar-refractivity contribution in [2.75, 3.05) is 0 Å². The van der Waals surface area contributed by atoms with Crippen molar-refractivity contribution in [2.45, 2.75) is 424 Å². The quantitative estimate of drug-likeness (QED) is 0.0449. The van der Waals surface area contributed by atoms with Crippen LogP contribution in [0.15, 0.2) is 61.1 Å². The maximum absolute atomic E-state index is 12.8. The summed E-state index contributed by atoms with van der Waals surface area (Å²) in [5.41, 5.74) is 40.3. The molecule has 12 aliphatic rings. The summed E-state index contributed by atoms with van der Waals surface area (Å²) in [7, 11) is 0. The predicted molar refractivity (Wildman–Crippen MR) is 513 cm³/mol. The molecule has 0 saturated heterocycles. The molecule has 1 heterocycles. The molecule has 5 aromatic rings. The van der Waals surface area contributed by atoms with E-state index in [0.717, 1.165) is 93.6 Å². The molecule has 13 heteroatoms. The number of unbranched alkanes of at least 4 members (excludes halogenated alkanes) is 3. The van der Waals surface area contributed by atoms with Crippen LogP contribution >= 0.6 is 0 Å². The van der Waals surface area contributed by atoms with Crippen molar-refractivity contribution in [3.8, 4) is 23.0 Å². The SMILES string of the molecule is CCCCC(N)C(=O)Oc1cc(C)c2c(c1)C[C@@H]1[C@@]3(C)CCCC(C)(C)[C@@H]3CC[C@@]21C.CCCCC(N)C(=O)Oc1cc(C)c2c(c1)C[C@@H]1[C@@]3(C)CCCC(C)(C)[C@@H]3CC[C@]21C.CCCCC(N)C(=O)Oc1cc(C)c2c(c1)C[C@H]1[C@@]3(C)CCCC(C)(C)[C@@H]3CC[C@@]21C.Cc1cc(OC(=O)C(C)Cc2cnc[nH]2)cc2c1[C@]1(C)CC[C@H]3C(C)(C)CCC[C@]3(C)[C@H]1C2. The number of hydrogen-bond acceptors (Lipinski definition) is 12. The Labute approximate surface area is 762 Å². The molecule has 4 aromatic carbocycles. The largest absolute Gasteiger partial charge is 0.426 e. The van der Waals surface area contributed by atoms with Gasteiger partial charge in [0.15, 0.2) is 0 Å². The number of aromatic nitrogens is 2. The summed E-state index contributed by atoms with van der Waals surface area (Å²) in [6, 6.07) is 15.4. The predicted octanol–water partition coefficient (Wildman–Crippen LogP) is 26.0. The zero-order valence-electron chi connectivity index (χ0n) is 83.2. The standard InChI is InChI=1S/C29H40N2O2.3C28H43NO2/c1-18-13-22(33-26(32)19(2)12-21-16-30-17-31-21)14-20-15-24-28(5)10-7-9-27(3,4)23(28)8-11-29(24,6)25(18)20;3*1-7-8-10-21(29)25(30)31-20-15-18(2)24-19(16-20)17-23-27(5)13-9-12-26(3,4)22(27)11-14-28(23,24)6/h13-14,16-17,19,23-24H,7-12,15H2,1-6H3,(H,30,31);3*15-16,21-23H,7-14,17,29H2,1-6H3/t19?,23-,24+,28-,29+;21?,22-,23+,27-,28+;21?,22-,23+,27-,28-;21?,22-,23-,27-,28+/m0000/s1. The number of hydrogen-bond donors (Lipinski definition) is 4. The van der Waals surface area contributed by atoms with E-state index in [2.05, 4.69) is 218 Å². The molecule has 17 rings (SSSR count). The molecule has 8 saturated carbocycles. The van der Waals surface area contributed by atoms with Crippen molar-refractivity contribution < 1.29 is 38.1 Å². The first-order valence-corrected chi connectivity index (χ1v) is 50.8. The fourth-order valence-electron chi connectivity index (χ4n) is 33.2. The molecule has 0 bridgehead atoms. The van der Waals surface area contributed by atoms with E-state index < -0.39 is 18.1 Å². The van der Waals surface area contributed by atoms with E-state index >= 15 is 0 Å². The van der Waals surface area contributed by atoms with Gasteiger partial charge in [-0.1, -0.05) is 203 Å². The Kier molecular flexibility index (Phi) is 27.2. The first kappa shape index (κ1) is 95.9. The number of aryl methyl sites for hydroxylation is 4. The van der Waals surface area contributed by atoms with Gasteiger partial charge in [0, 0.05) is 18.3 Å². The number of ether oxygens (including phenoxy) is 4. The van der Waals surface area contributed by atoms with Crippen molar-refractivity contribution in [1.29, 1.82) is 0 Å². The molecule has 126 heavy (non-hydrogen) atoms. The monoisotopic (exact) mass is 1720 g/mol. The van der Waals surface area contributed by atoms with Gasteiger partial charge in [0.25, 0.3) is 0 Å². The number of rotatable bonds is 19. The number of carbonyl (C=O) groups is 4. The maximum atomic E-state index is 12.8. The normalized spacial score (nSPS) is 34.1. The van der Waals surface area contributed by atoms with Crippen LogP contribution in [0.25, 0.3) is 0 Å². The summed E-state index contributed by atoms with van der Waals surface area (Å²) in [6.45, 7) is 57.6. The highest BCUT2D eigenvalue weighted by molar-refractivity contribution is 5.80. The van der Waals surface area contributed by atoms with Crippen molar-refractivity contribution in [3.63, 3.8) is 0 Å². The maximum Gasteiger partial charge on any atom is 0.328 e. The van der Waals surface area contributed by atoms with E-state index in [1.807, 2.05) is 6.92 Å². The third-order valence-electron chi connectivity index (χ3n) is 38.6. The molecule has 0 spiro atoms. The zero-order valence-corrected chi connectivity index (χ0v) is 83.2. The van der Waals surface area contributed by atoms with Gasteiger partial charge in [-0.2, -0.15) is 0 Å². The van der Waals surface area contributed by atoms with Gasteiger partial charge in [0.1, 0.15) is 41.1 Å². The number of nitrogens with one attached hydrogen (secondary N) is 1. The lowest BCUT2D eigenvalue weighted by atomic mass is 9.43. The second kappa shape index (κ2) is 35.8. The van der Waals surface area contributed by atoms with Crippen molar-refractivity contribution in [2.24, 2.45) is 114 Å². The molecule has 13 nitrogen and oxygen atoms in total. The fourth-order valence-corrected chi connectivity index (χ4v) is 33.2. The van der Waals surface area contributed by atoms with E-state index in [4.69, 9.17) is 36.1 Å². The van der Waals surface area contributed by atoms with Crippen LogP contribution in [0.2, 0.25) is 0 Å². The number of carbonyl (C=O) groups excluding carboxylic acids is 4. The fraction of sp³-hybridized carbons (Fsp3) is 0.726. The Morgan fingerprint density at radius 2 is 0.611 bits per heavy atom. The molecule has 12 aliphatic carbocycles. The molecule has 20 atom stereocenters. The minimum absolute atomic E-state index is 0.174. The molecule has 8 fully saturated rings. The van der Waals surface area contributed by atoms with Gasteiger partial charge >= 0.3 is 23.9 Å². The van der Waals surface area contributed by atoms with Crippen molar-refractivity contribution in [3.05, 3.63) is 134 Å². The van der Waals surface area contributed by atoms with Crippen LogP contribution < -0.4 is 36.1 Å².